The number of furan rings is 1. The molecule has 162 valence electrons. The third-order valence-corrected chi connectivity index (χ3v) is 6.03. The number of carbonyl (C=O) groups is 1. The van der Waals surface area contributed by atoms with Crippen LogP contribution in [0.3, 0.4) is 0 Å². The third-order valence-electron chi connectivity index (χ3n) is 4.22. The predicted octanol–water partition coefficient (Wildman–Crippen LogP) is 3.02. The monoisotopic (exact) mass is 441 g/mol. The van der Waals surface area contributed by atoms with Gasteiger partial charge in [0.2, 0.25) is 10.0 Å². The van der Waals surface area contributed by atoms with Crippen molar-refractivity contribution in [3.8, 4) is 5.75 Å². The van der Waals surface area contributed by atoms with Crippen LogP contribution in [0.25, 0.3) is 0 Å². The van der Waals surface area contributed by atoms with E-state index in [9.17, 15) is 13.2 Å². The molecule has 9 heteroatoms. The molecule has 1 heterocycles. The molecule has 2 aromatic carbocycles. The number of nitrogens with zero attached hydrogens (tertiary/aromatic N) is 2. The van der Waals surface area contributed by atoms with Crippen molar-refractivity contribution >= 4 is 22.1 Å². The van der Waals surface area contributed by atoms with Crippen molar-refractivity contribution in [1.82, 2.24) is 9.73 Å². The standard InChI is InChI=1S/C22H23N3O5S/c1-2-29-21-13-7-6-9-18(21)15-23-24-22(26)17-25(16-19-10-8-14-30-19)31(27,28)20-11-4-3-5-12-20/h3-15H,2,16-17H2,1H3,(H,24,26)/b23-15-. The molecule has 0 aliphatic rings. The molecule has 1 amide bonds. The van der Waals surface area contributed by atoms with E-state index in [1.54, 1.807) is 42.5 Å². The van der Waals surface area contributed by atoms with E-state index < -0.39 is 22.5 Å². The molecule has 0 unspecified atom stereocenters. The van der Waals surface area contributed by atoms with Gasteiger partial charge in [-0.05, 0) is 43.3 Å². The van der Waals surface area contributed by atoms with Crippen LogP contribution in [0.1, 0.15) is 18.2 Å². The van der Waals surface area contributed by atoms with Crippen molar-refractivity contribution in [3.05, 3.63) is 84.3 Å². The quantitative estimate of drug-likeness (QED) is 0.385. The minimum Gasteiger partial charge on any atom is -0.493 e. The van der Waals surface area contributed by atoms with E-state index in [0.717, 1.165) is 4.31 Å². The maximum absolute atomic E-state index is 13.1. The van der Waals surface area contributed by atoms with E-state index in [1.165, 1.54) is 24.6 Å². The van der Waals surface area contributed by atoms with Crippen molar-refractivity contribution in [3.63, 3.8) is 0 Å². The molecule has 3 rings (SSSR count). The second-order valence-electron chi connectivity index (χ2n) is 6.43. The molecule has 0 fully saturated rings. The Balaban J connectivity index is 1.73. The number of sulfonamides is 1. The maximum atomic E-state index is 13.1. The van der Waals surface area contributed by atoms with Gasteiger partial charge in [0.15, 0.2) is 0 Å². The van der Waals surface area contributed by atoms with Crippen molar-refractivity contribution in [2.75, 3.05) is 13.2 Å². The summed E-state index contributed by atoms with van der Waals surface area (Å²) in [5.41, 5.74) is 3.06. The lowest BCUT2D eigenvalue weighted by Gasteiger charge is -2.20. The normalized spacial score (nSPS) is 11.7. The summed E-state index contributed by atoms with van der Waals surface area (Å²) >= 11 is 0. The molecule has 0 aliphatic heterocycles. The summed E-state index contributed by atoms with van der Waals surface area (Å²) in [4.78, 5) is 12.6. The van der Waals surface area contributed by atoms with Crippen LogP contribution < -0.4 is 10.2 Å². The van der Waals surface area contributed by atoms with E-state index in [1.807, 2.05) is 19.1 Å². The van der Waals surface area contributed by atoms with Gasteiger partial charge in [-0.1, -0.05) is 30.3 Å². The van der Waals surface area contributed by atoms with Gasteiger partial charge in [-0.3, -0.25) is 4.79 Å². The number of carbonyl (C=O) groups excluding carboxylic acids is 1. The van der Waals surface area contributed by atoms with Crippen LogP contribution in [-0.2, 0) is 21.4 Å². The van der Waals surface area contributed by atoms with Crippen LogP contribution in [0.2, 0.25) is 0 Å². The van der Waals surface area contributed by atoms with E-state index in [2.05, 4.69) is 10.5 Å². The second-order valence-corrected chi connectivity index (χ2v) is 8.37. The molecular formula is C22H23N3O5S. The van der Waals surface area contributed by atoms with Gasteiger partial charge in [0.05, 0.1) is 37.1 Å². The number of benzene rings is 2. The summed E-state index contributed by atoms with van der Waals surface area (Å²) in [6.07, 6.45) is 2.90. The van der Waals surface area contributed by atoms with Crippen LogP contribution in [0.5, 0.6) is 5.75 Å². The Morgan fingerprint density at radius 1 is 1.10 bits per heavy atom. The second kappa shape index (κ2) is 10.6. The lowest BCUT2D eigenvalue weighted by atomic mass is 10.2. The number of para-hydroxylation sites is 1. The molecule has 0 atom stereocenters. The number of nitrogens with one attached hydrogen (secondary N) is 1. The first-order chi connectivity index (χ1) is 15.0. The third kappa shape index (κ3) is 6.03. The number of rotatable bonds is 10. The van der Waals surface area contributed by atoms with E-state index in [0.29, 0.717) is 23.7 Å². The summed E-state index contributed by atoms with van der Waals surface area (Å²) in [6.45, 7) is 1.85. The Kier molecular flexibility index (Phi) is 7.58. The van der Waals surface area contributed by atoms with Crippen molar-refractivity contribution in [2.24, 2.45) is 5.10 Å². The van der Waals surface area contributed by atoms with Crippen molar-refractivity contribution < 1.29 is 22.4 Å². The van der Waals surface area contributed by atoms with Gasteiger partial charge in [0, 0.05) is 5.56 Å². The van der Waals surface area contributed by atoms with E-state index in [-0.39, 0.29) is 11.4 Å². The fourth-order valence-corrected chi connectivity index (χ4v) is 4.17. The SMILES string of the molecule is CCOc1ccccc1/C=N\NC(=O)CN(Cc1ccco1)S(=O)(=O)c1ccccc1. The molecule has 1 aromatic heterocycles. The van der Waals surface area contributed by atoms with Gasteiger partial charge in [-0.2, -0.15) is 9.41 Å². The highest BCUT2D eigenvalue weighted by molar-refractivity contribution is 7.89. The molecule has 0 radical (unpaired) electrons. The zero-order valence-corrected chi connectivity index (χ0v) is 17.8. The Morgan fingerprint density at radius 3 is 2.55 bits per heavy atom. The minimum absolute atomic E-state index is 0.0866. The van der Waals surface area contributed by atoms with Crippen LogP contribution in [0.4, 0.5) is 0 Å². The van der Waals surface area contributed by atoms with Crippen molar-refractivity contribution in [1.29, 1.82) is 0 Å². The predicted molar refractivity (Wildman–Crippen MR) is 116 cm³/mol. The van der Waals surface area contributed by atoms with Gasteiger partial charge in [0.25, 0.3) is 5.91 Å². The van der Waals surface area contributed by atoms with Crippen LogP contribution in [-0.4, -0.2) is 38.0 Å². The molecule has 0 bridgehead atoms. The summed E-state index contributed by atoms with van der Waals surface area (Å²) in [7, 11) is -3.92. The zero-order chi connectivity index (χ0) is 22.1. The summed E-state index contributed by atoms with van der Waals surface area (Å²) in [5.74, 6) is 0.465. The molecule has 0 saturated heterocycles. The summed E-state index contributed by atoms with van der Waals surface area (Å²) in [6, 6.07) is 18.5. The molecule has 0 spiro atoms. The maximum Gasteiger partial charge on any atom is 0.255 e. The summed E-state index contributed by atoms with van der Waals surface area (Å²) < 4.78 is 37.9. The van der Waals surface area contributed by atoms with Gasteiger partial charge < -0.3 is 9.15 Å². The highest BCUT2D eigenvalue weighted by Gasteiger charge is 2.27. The first kappa shape index (κ1) is 22.3. The zero-order valence-electron chi connectivity index (χ0n) is 17.0. The Morgan fingerprint density at radius 2 is 1.84 bits per heavy atom. The van der Waals surface area contributed by atoms with E-state index >= 15 is 0 Å². The number of hydrazone groups is 1. The molecule has 0 aliphatic carbocycles. The van der Waals surface area contributed by atoms with Gasteiger partial charge in [-0.25, -0.2) is 13.8 Å². The Bertz CT molecular complexity index is 1110. The molecule has 0 saturated carbocycles. The van der Waals surface area contributed by atoms with E-state index in [4.69, 9.17) is 9.15 Å². The average molecular weight is 442 g/mol. The largest absolute Gasteiger partial charge is 0.493 e. The number of hydrogen-bond donors (Lipinski definition) is 1. The molecular weight excluding hydrogens is 418 g/mol. The first-order valence-corrected chi connectivity index (χ1v) is 11.1. The Labute approximate surface area is 181 Å². The number of hydrogen-bond acceptors (Lipinski definition) is 6. The van der Waals surface area contributed by atoms with Crippen molar-refractivity contribution in [2.45, 2.75) is 18.4 Å². The van der Waals surface area contributed by atoms with Crippen LogP contribution in [0.15, 0.2) is 87.4 Å². The Hall–Kier alpha value is -3.43. The fraction of sp³-hybridized carbons (Fsp3) is 0.182. The smallest absolute Gasteiger partial charge is 0.255 e. The fourth-order valence-electron chi connectivity index (χ4n) is 2.79. The van der Waals surface area contributed by atoms with Gasteiger partial charge in [0.1, 0.15) is 11.5 Å². The van der Waals surface area contributed by atoms with Crippen LogP contribution >= 0.6 is 0 Å². The van der Waals surface area contributed by atoms with Gasteiger partial charge in [-0.15, -0.1) is 0 Å². The number of amides is 1. The molecule has 3 aromatic rings. The van der Waals surface area contributed by atoms with Crippen LogP contribution in [0, 0.1) is 0 Å². The molecule has 1 N–H and O–H groups in total. The number of ether oxygens (including phenoxy) is 1. The average Bonchev–Trinajstić information content (AvgIpc) is 3.28. The topological polar surface area (TPSA) is 101 Å². The first-order valence-electron chi connectivity index (χ1n) is 9.62. The minimum atomic E-state index is -3.92. The van der Waals surface area contributed by atoms with Gasteiger partial charge >= 0.3 is 0 Å². The lowest BCUT2D eigenvalue weighted by Crippen LogP contribution is -2.39. The highest BCUT2D eigenvalue weighted by Crippen LogP contribution is 2.18. The molecule has 8 nitrogen and oxygen atoms in total. The summed E-state index contributed by atoms with van der Waals surface area (Å²) in [5, 5.41) is 3.94. The molecule has 31 heavy (non-hydrogen) atoms. The highest BCUT2D eigenvalue weighted by atomic mass is 32.2. The lowest BCUT2D eigenvalue weighted by molar-refractivity contribution is -0.121.